The van der Waals surface area contributed by atoms with Crippen molar-refractivity contribution in [1.29, 1.82) is 0 Å². The highest BCUT2D eigenvalue weighted by molar-refractivity contribution is 5.67. The summed E-state index contributed by atoms with van der Waals surface area (Å²) in [7, 11) is 0. The molecule has 2 N–H and O–H groups in total. The van der Waals surface area contributed by atoms with E-state index in [0.717, 1.165) is 0 Å². The fraction of sp³-hybridized carbons (Fsp3) is 0.625. The summed E-state index contributed by atoms with van der Waals surface area (Å²) in [4.78, 5) is 21.7. The number of amides is 1. The van der Waals surface area contributed by atoms with Gasteiger partial charge in [-0.2, -0.15) is 0 Å². The van der Waals surface area contributed by atoms with Gasteiger partial charge in [0.2, 0.25) is 5.89 Å². The molecule has 7 heteroatoms. The van der Waals surface area contributed by atoms with Crippen LogP contribution in [0.1, 0.15) is 26.7 Å². The van der Waals surface area contributed by atoms with Crippen molar-refractivity contribution in [3.8, 4) is 0 Å². The van der Waals surface area contributed by atoms with Crippen molar-refractivity contribution in [2.75, 3.05) is 0 Å². The third kappa shape index (κ3) is 4.30. The van der Waals surface area contributed by atoms with Crippen molar-refractivity contribution in [3.05, 3.63) is 16.4 Å². The Morgan fingerprint density at radius 1 is 1.60 bits per heavy atom. The van der Waals surface area contributed by atoms with E-state index in [1.54, 1.807) is 20.8 Å². The Morgan fingerprint density at radius 2 is 2.27 bits per heavy atom. The van der Waals surface area contributed by atoms with Gasteiger partial charge in [-0.05, 0) is 20.8 Å². The molecule has 0 saturated heterocycles. The van der Waals surface area contributed by atoms with E-state index in [2.05, 4.69) is 19.9 Å². The number of rotatable bonds is 2. The summed E-state index contributed by atoms with van der Waals surface area (Å²) < 4.78 is 9.53. The molecule has 1 aromatic rings. The quantitative estimate of drug-likeness (QED) is 0.743. The zero-order valence-corrected chi connectivity index (χ0v) is 8.79. The molecule has 1 heterocycles. The van der Waals surface area contributed by atoms with Gasteiger partial charge in [0, 0.05) is 0 Å². The second kappa shape index (κ2) is 4.16. The summed E-state index contributed by atoms with van der Waals surface area (Å²) in [5, 5.41) is 7.98. The summed E-state index contributed by atoms with van der Waals surface area (Å²) >= 11 is 0. The monoisotopic (exact) mass is 215 g/mol. The first kappa shape index (κ1) is 11.3. The Bertz CT molecular complexity index is 387. The van der Waals surface area contributed by atoms with Gasteiger partial charge in [-0.1, -0.05) is 0 Å². The number of alkyl carbamates (subject to hydrolysis) is 1. The van der Waals surface area contributed by atoms with Crippen LogP contribution in [0.25, 0.3) is 0 Å². The van der Waals surface area contributed by atoms with Crippen LogP contribution in [0.3, 0.4) is 0 Å². The summed E-state index contributed by atoms with van der Waals surface area (Å²) in [6.45, 7) is 5.26. The van der Waals surface area contributed by atoms with Crippen LogP contribution in [0.5, 0.6) is 0 Å². The molecule has 0 unspecified atom stereocenters. The van der Waals surface area contributed by atoms with Crippen LogP contribution in [-0.2, 0) is 11.3 Å². The SMILES string of the molecule is CC(C)(C)OC(=O)NCc1n[nH]c(=O)o1. The molecule has 7 nitrogen and oxygen atoms in total. The summed E-state index contributed by atoms with van der Waals surface area (Å²) in [5.74, 6) is -0.554. The third-order valence-electron chi connectivity index (χ3n) is 1.27. The van der Waals surface area contributed by atoms with Gasteiger partial charge in [0.1, 0.15) is 5.60 Å². The summed E-state index contributed by atoms with van der Waals surface area (Å²) in [6.07, 6.45) is -0.590. The van der Waals surface area contributed by atoms with Gasteiger partial charge in [-0.3, -0.25) is 0 Å². The summed E-state index contributed by atoms with van der Waals surface area (Å²) in [5.41, 5.74) is -0.559. The highest BCUT2D eigenvalue weighted by Crippen LogP contribution is 2.06. The highest BCUT2D eigenvalue weighted by Gasteiger charge is 2.16. The van der Waals surface area contributed by atoms with Crippen LogP contribution in [0.2, 0.25) is 0 Å². The summed E-state index contributed by atoms with van der Waals surface area (Å²) in [6, 6.07) is 0. The number of hydrogen-bond donors (Lipinski definition) is 2. The van der Waals surface area contributed by atoms with Gasteiger partial charge in [-0.25, -0.2) is 14.7 Å². The van der Waals surface area contributed by atoms with E-state index < -0.39 is 17.5 Å². The zero-order chi connectivity index (χ0) is 11.5. The van der Waals surface area contributed by atoms with Gasteiger partial charge in [0.25, 0.3) is 0 Å². The average molecular weight is 215 g/mol. The van der Waals surface area contributed by atoms with Gasteiger partial charge < -0.3 is 14.5 Å². The Balaban J connectivity index is 2.38. The fourth-order valence-corrected chi connectivity index (χ4v) is 0.798. The van der Waals surface area contributed by atoms with Crippen LogP contribution in [0.15, 0.2) is 9.21 Å². The Hall–Kier alpha value is -1.79. The number of aromatic nitrogens is 2. The van der Waals surface area contributed by atoms with Crippen LogP contribution < -0.4 is 11.1 Å². The number of nitrogens with one attached hydrogen (secondary N) is 2. The van der Waals surface area contributed by atoms with E-state index in [4.69, 9.17) is 4.74 Å². The molecular formula is C8H13N3O4. The van der Waals surface area contributed by atoms with E-state index in [1.807, 2.05) is 0 Å². The molecular weight excluding hydrogens is 202 g/mol. The number of carbonyl (C=O) groups is 1. The fourth-order valence-electron chi connectivity index (χ4n) is 0.798. The Labute approximate surface area is 85.8 Å². The van der Waals surface area contributed by atoms with Gasteiger partial charge in [0.05, 0.1) is 6.54 Å². The predicted molar refractivity (Wildman–Crippen MR) is 50.2 cm³/mol. The van der Waals surface area contributed by atoms with Crippen LogP contribution in [0, 0.1) is 0 Å². The van der Waals surface area contributed by atoms with E-state index in [1.165, 1.54) is 0 Å². The molecule has 0 spiro atoms. The zero-order valence-electron chi connectivity index (χ0n) is 8.79. The standard InChI is InChI=1S/C8H13N3O4/c1-8(2,3)15-6(12)9-4-5-10-11-7(13)14-5/h4H2,1-3H3,(H,9,12)(H,11,13). The van der Waals surface area contributed by atoms with Gasteiger partial charge >= 0.3 is 11.8 Å². The predicted octanol–water partition coefficient (Wildman–Crippen LogP) is 0.388. The maximum Gasteiger partial charge on any atom is 0.434 e. The van der Waals surface area contributed by atoms with Crippen LogP contribution in [-0.4, -0.2) is 21.9 Å². The minimum Gasteiger partial charge on any atom is -0.444 e. The molecule has 0 saturated carbocycles. The van der Waals surface area contributed by atoms with E-state index in [0.29, 0.717) is 0 Å². The molecule has 0 aliphatic heterocycles. The smallest absolute Gasteiger partial charge is 0.434 e. The van der Waals surface area contributed by atoms with Gasteiger partial charge in [-0.15, -0.1) is 5.10 Å². The van der Waals surface area contributed by atoms with Crippen molar-refractivity contribution in [1.82, 2.24) is 15.5 Å². The first-order chi connectivity index (χ1) is 6.87. The number of H-pyrrole nitrogens is 1. The molecule has 1 amide bonds. The van der Waals surface area contributed by atoms with E-state index in [-0.39, 0.29) is 12.4 Å². The number of carbonyl (C=O) groups excluding carboxylic acids is 1. The largest absolute Gasteiger partial charge is 0.444 e. The van der Waals surface area contributed by atoms with Gasteiger partial charge in [0.15, 0.2) is 0 Å². The van der Waals surface area contributed by atoms with Crippen molar-refractivity contribution >= 4 is 6.09 Å². The van der Waals surface area contributed by atoms with Crippen molar-refractivity contribution in [2.45, 2.75) is 32.9 Å². The second-order valence-corrected chi connectivity index (χ2v) is 3.86. The van der Waals surface area contributed by atoms with Crippen molar-refractivity contribution < 1.29 is 13.9 Å². The lowest BCUT2D eigenvalue weighted by atomic mass is 10.2. The minimum atomic E-state index is -0.656. The molecule has 1 rings (SSSR count). The number of ether oxygens (including phenoxy) is 1. The van der Waals surface area contributed by atoms with E-state index in [9.17, 15) is 9.59 Å². The minimum absolute atomic E-state index is 0.00759. The highest BCUT2D eigenvalue weighted by atomic mass is 16.6. The van der Waals surface area contributed by atoms with Crippen molar-refractivity contribution in [3.63, 3.8) is 0 Å². The second-order valence-electron chi connectivity index (χ2n) is 3.86. The lowest BCUT2D eigenvalue weighted by Crippen LogP contribution is -2.32. The molecule has 0 aliphatic rings. The third-order valence-corrected chi connectivity index (χ3v) is 1.27. The maximum atomic E-state index is 11.1. The average Bonchev–Trinajstić information content (AvgIpc) is 2.45. The molecule has 84 valence electrons. The lowest BCUT2D eigenvalue weighted by Gasteiger charge is -2.19. The first-order valence-corrected chi connectivity index (χ1v) is 4.38. The Kier molecular flexibility index (Phi) is 3.13. The molecule has 15 heavy (non-hydrogen) atoms. The van der Waals surface area contributed by atoms with E-state index >= 15 is 0 Å². The number of hydrogen-bond acceptors (Lipinski definition) is 5. The number of aromatic amines is 1. The molecule has 0 atom stereocenters. The Morgan fingerprint density at radius 3 is 2.73 bits per heavy atom. The maximum absolute atomic E-state index is 11.1. The molecule has 0 aromatic carbocycles. The topological polar surface area (TPSA) is 97.2 Å². The molecule has 1 aromatic heterocycles. The normalized spacial score (nSPS) is 11.1. The lowest BCUT2D eigenvalue weighted by molar-refractivity contribution is 0.0518. The van der Waals surface area contributed by atoms with Crippen LogP contribution >= 0.6 is 0 Å². The number of nitrogens with zero attached hydrogens (tertiary/aromatic N) is 1. The molecule has 0 aliphatic carbocycles. The first-order valence-electron chi connectivity index (χ1n) is 4.38. The molecule has 0 fully saturated rings. The van der Waals surface area contributed by atoms with Crippen LogP contribution in [0.4, 0.5) is 4.79 Å². The molecule has 0 bridgehead atoms. The van der Waals surface area contributed by atoms with Crippen molar-refractivity contribution in [2.24, 2.45) is 0 Å². The molecule has 0 radical (unpaired) electrons.